The van der Waals surface area contributed by atoms with Gasteiger partial charge in [0.15, 0.2) is 0 Å². The van der Waals surface area contributed by atoms with E-state index in [-0.39, 0.29) is 0 Å². The van der Waals surface area contributed by atoms with E-state index in [4.69, 9.17) is 0 Å². The van der Waals surface area contributed by atoms with E-state index < -0.39 is 0 Å². The summed E-state index contributed by atoms with van der Waals surface area (Å²) in [5.41, 5.74) is 2.82. The van der Waals surface area contributed by atoms with Gasteiger partial charge >= 0.3 is 0 Å². The summed E-state index contributed by atoms with van der Waals surface area (Å²) in [6.45, 7) is 4.11. The quantitative estimate of drug-likeness (QED) is 0.692. The van der Waals surface area contributed by atoms with Crippen molar-refractivity contribution in [1.82, 2.24) is 0 Å². The van der Waals surface area contributed by atoms with Crippen LogP contribution in [0.2, 0.25) is 0 Å². The van der Waals surface area contributed by atoms with Crippen LogP contribution in [0.1, 0.15) is 44.2 Å². The maximum Gasteiger partial charge on any atom is 0.132 e. The Morgan fingerprint density at radius 2 is 1.80 bits per heavy atom. The molecule has 0 amide bonds. The molecule has 0 unspecified atom stereocenters. The normalized spacial score (nSPS) is 10.3. The molecule has 1 aromatic carbocycles. The predicted molar refractivity (Wildman–Crippen MR) is 64.1 cm³/mol. The highest BCUT2D eigenvalue weighted by Gasteiger charge is 2.01. The van der Waals surface area contributed by atoms with Crippen molar-refractivity contribution in [2.45, 2.75) is 46.0 Å². The lowest BCUT2D eigenvalue weighted by atomic mass is 9.99. The molecular weight excluding hydrogens is 184 g/mol. The fraction of sp³-hybridized carbons (Fsp3) is 0.500. The van der Waals surface area contributed by atoms with Gasteiger partial charge in [-0.2, -0.15) is 0 Å². The molecule has 0 aliphatic carbocycles. The Balaban J connectivity index is 2.46. The molecule has 1 aromatic rings. The molecule has 0 saturated heterocycles. The summed E-state index contributed by atoms with van der Waals surface area (Å²) in [7, 11) is 0. The van der Waals surface area contributed by atoms with Gasteiger partial charge in [0.25, 0.3) is 0 Å². The zero-order chi connectivity index (χ0) is 11.1. The molecule has 0 heterocycles. The molecule has 0 saturated carbocycles. The molecule has 1 rings (SSSR count). The van der Waals surface area contributed by atoms with E-state index in [9.17, 15) is 4.79 Å². The highest BCUT2D eigenvalue weighted by molar-refractivity contribution is 5.77. The third-order valence-corrected chi connectivity index (χ3v) is 2.80. The molecule has 0 bridgehead atoms. The van der Waals surface area contributed by atoms with Crippen molar-refractivity contribution in [2.24, 2.45) is 0 Å². The van der Waals surface area contributed by atoms with Gasteiger partial charge in [0.1, 0.15) is 5.78 Å². The SMILES string of the molecule is CCC(=O)CCCc1ccccc1CC. The summed E-state index contributed by atoms with van der Waals surface area (Å²) in [5.74, 6) is 0.379. The van der Waals surface area contributed by atoms with Gasteiger partial charge in [-0.3, -0.25) is 4.79 Å². The Morgan fingerprint density at radius 1 is 1.13 bits per heavy atom. The molecular formula is C14H20O. The van der Waals surface area contributed by atoms with Gasteiger partial charge in [0, 0.05) is 12.8 Å². The Labute approximate surface area is 92.5 Å². The van der Waals surface area contributed by atoms with Gasteiger partial charge in [-0.05, 0) is 30.4 Å². The minimum absolute atomic E-state index is 0.379. The lowest BCUT2D eigenvalue weighted by Crippen LogP contribution is -1.98. The molecule has 0 radical (unpaired) electrons. The van der Waals surface area contributed by atoms with Crippen molar-refractivity contribution in [3.05, 3.63) is 35.4 Å². The van der Waals surface area contributed by atoms with Gasteiger partial charge in [0.2, 0.25) is 0 Å². The second-order valence-electron chi connectivity index (χ2n) is 3.87. The molecule has 1 heteroatoms. The lowest BCUT2D eigenvalue weighted by molar-refractivity contribution is -0.118. The van der Waals surface area contributed by atoms with Crippen molar-refractivity contribution in [1.29, 1.82) is 0 Å². The van der Waals surface area contributed by atoms with Crippen molar-refractivity contribution in [2.75, 3.05) is 0 Å². The fourth-order valence-electron chi connectivity index (χ4n) is 1.80. The molecule has 1 nitrogen and oxygen atoms in total. The van der Waals surface area contributed by atoms with E-state index in [1.807, 2.05) is 6.92 Å². The third-order valence-electron chi connectivity index (χ3n) is 2.80. The van der Waals surface area contributed by atoms with E-state index in [0.717, 1.165) is 25.7 Å². The average Bonchev–Trinajstić information content (AvgIpc) is 2.29. The van der Waals surface area contributed by atoms with E-state index in [1.165, 1.54) is 11.1 Å². The second-order valence-corrected chi connectivity index (χ2v) is 3.87. The van der Waals surface area contributed by atoms with Crippen molar-refractivity contribution >= 4 is 5.78 Å². The number of benzene rings is 1. The van der Waals surface area contributed by atoms with Crippen molar-refractivity contribution in [3.63, 3.8) is 0 Å². The van der Waals surface area contributed by atoms with E-state index >= 15 is 0 Å². The molecule has 0 aliphatic heterocycles. The highest BCUT2D eigenvalue weighted by Crippen LogP contribution is 2.12. The number of ketones is 1. The van der Waals surface area contributed by atoms with Gasteiger partial charge in [-0.15, -0.1) is 0 Å². The first kappa shape index (κ1) is 12.0. The minimum Gasteiger partial charge on any atom is -0.300 e. The third kappa shape index (κ3) is 3.86. The number of aryl methyl sites for hydroxylation is 2. The van der Waals surface area contributed by atoms with Crippen LogP contribution in [0.5, 0.6) is 0 Å². The molecule has 0 fully saturated rings. The van der Waals surface area contributed by atoms with Gasteiger partial charge in [-0.1, -0.05) is 38.1 Å². The topological polar surface area (TPSA) is 17.1 Å². The van der Waals surface area contributed by atoms with Crippen molar-refractivity contribution in [3.8, 4) is 0 Å². The minimum atomic E-state index is 0.379. The summed E-state index contributed by atoms with van der Waals surface area (Å²) < 4.78 is 0. The fourth-order valence-corrected chi connectivity index (χ4v) is 1.80. The van der Waals surface area contributed by atoms with Crippen LogP contribution in [0.25, 0.3) is 0 Å². The maximum atomic E-state index is 11.2. The molecule has 0 spiro atoms. The number of Topliss-reactive ketones (excluding diaryl/α,β-unsaturated/α-hetero) is 1. The Hall–Kier alpha value is -1.11. The zero-order valence-corrected chi connectivity index (χ0v) is 9.75. The second kappa shape index (κ2) is 6.39. The van der Waals surface area contributed by atoms with Crippen LogP contribution >= 0.6 is 0 Å². The van der Waals surface area contributed by atoms with Crippen LogP contribution in [-0.4, -0.2) is 5.78 Å². The van der Waals surface area contributed by atoms with Gasteiger partial charge < -0.3 is 0 Å². The molecule has 0 atom stereocenters. The standard InChI is InChI=1S/C14H20O/c1-3-12-8-5-6-9-13(12)10-7-11-14(15)4-2/h5-6,8-9H,3-4,7,10-11H2,1-2H3. The number of hydrogen-bond acceptors (Lipinski definition) is 1. The van der Waals surface area contributed by atoms with E-state index in [1.54, 1.807) is 0 Å². The smallest absolute Gasteiger partial charge is 0.132 e. The molecule has 15 heavy (non-hydrogen) atoms. The molecule has 82 valence electrons. The molecule has 0 aromatic heterocycles. The number of rotatable bonds is 6. The number of carbonyl (C=O) groups is 1. The van der Waals surface area contributed by atoms with Crippen LogP contribution in [0.15, 0.2) is 24.3 Å². The van der Waals surface area contributed by atoms with Crippen LogP contribution in [0, 0.1) is 0 Å². The van der Waals surface area contributed by atoms with Gasteiger partial charge in [-0.25, -0.2) is 0 Å². The summed E-state index contributed by atoms with van der Waals surface area (Å²) in [6, 6.07) is 8.52. The summed E-state index contributed by atoms with van der Waals surface area (Å²) in [6.07, 6.45) is 4.52. The monoisotopic (exact) mass is 204 g/mol. The summed E-state index contributed by atoms with van der Waals surface area (Å²) >= 11 is 0. The first-order chi connectivity index (χ1) is 7.27. The molecule has 0 N–H and O–H groups in total. The summed E-state index contributed by atoms with van der Waals surface area (Å²) in [5, 5.41) is 0. The van der Waals surface area contributed by atoms with Crippen LogP contribution in [-0.2, 0) is 17.6 Å². The first-order valence-corrected chi connectivity index (χ1v) is 5.86. The Kier molecular flexibility index (Phi) is 5.09. The maximum absolute atomic E-state index is 11.2. The number of hydrogen-bond donors (Lipinski definition) is 0. The van der Waals surface area contributed by atoms with E-state index in [0.29, 0.717) is 12.2 Å². The predicted octanol–water partition coefficient (Wildman–Crippen LogP) is 3.55. The Bertz CT molecular complexity index is 315. The largest absolute Gasteiger partial charge is 0.300 e. The van der Waals surface area contributed by atoms with Crippen molar-refractivity contribution < 1.29 is 4.79 Å². The van der Waals surface area contributed by atoms with Crippen LogP contribution < -0.4 is 0 Å². The summed E-state index contributed by atoms with van der Waals surface area (Å²) in [4.78, 5) is 11.2. The molecule has 0 aliphatic rings. The van der Waals surface area contributed by atoms with E-state index in [2.05, 4.69) is 31.2 Å². The first-order valence-electron chi connectivity index (χ1n) is 5.86. The highest BCUT2D eigenvalue weighted by atomic mass is 16.1. The lowest BCUT2D eigenvalue weighted by Gasteiger charge is -2.06. The number of carbonyl (C=O) groups excluding carboxylic acids is 1. The Morgan fingerprint density at radius 3 is 2.40 bits per heavy atom. The average molecular weight is 204 g/mol. The zero-order valence-electron chi connectivity index (χ0n) is 9.75. The van der Waals surface area contributed by atoms with Gasteiger partial charge in [0.05, 0.1) is 0 Å². The van der Waals surface area contributed by atoms with Crippen LogP contribution in [0.4, 0.5) is 0 Å². The van der Waals surface area contributed by atoms with Crippen LogP contribution in [0.3, 0.4) is 0 Å².